The molecule has 0 unspecified atom stereocenters. The summed E-state index contributed by atoms with van der Waals surface area (Å²) in [5.41, 5.74) is 0.146. The molecule has 0 aliphatic rings. The molecule has 2 rings (SSSR count). The van der Waals surface area contributed by atoms with Crippen molar-refractivity contribution in [3.8, 4) is 0 Å². The number of carboxylic acids is 1. The highest BCUT2D eigenvalue weighted by molar-refractivity contribution is 7.90. The Morgan fingerprint density at radius 1 is 1.17 bits per heavy atom. The molecule has 29 heavy (non-hydrogen) atoms. The SMILES string of the molecule is C[C@@H](C(=O)O)N(Cc1ccc([N+](=O)[O-])cc1)C(=O)NS(=O)(=O)c1ccc(F)cc1. The van der Waals surface area contributed by atoms with Gasteiger partial charge in [-0.1, -0.05) is 12.1 Å². The predicted molar refractivity (Wildman–Crippen MR) is 97.9 cm³/mol. The van der Waals surface area contributed by atoms with E-state index in [2.05, 4.69) is 0 Å². The van der Waals surface area contributed by atoms with Gasteiger partial charge in [0.2, 0.25) is 0 Å². The Morgan fingerprint density at radius 3 is 2.21 bits per heavy atom. The van der Waals surface area contributed by atoms with Crippen molar-refractivity contribution < 1.29 is 32.4 Å². The monoisotopic (exact) mass is 425 g/mol. The highest BCUT2D eigenvalue weighted by atomic mass is 32.2. The molecule has 0 saturated carbocycles. The Bertz CT molecular complexity index is 1020. The van der Waals surface area contributed by atoms with Crippen LogP contribution < -0.4 is 4.72 Å². The quantitative estimate of drug-likeness (QED) is 0.510. The third-order valence-corrected chi connectivity index (χ3v) is 5.27. The van der Waals surface area contributed by atoms with E-state index in [1.54, 1.807) is 4.72 Å². The molecule has 0 radical (unpaired) electrons. The van der Waals surface area contributed by atoms with Gasteiger partial charge in [-0.15, -0.1) is 0 Å². The molecule has 0 aliphatic heterocycles. The van der Waals surface area contributed by atoms with E-state index in [4.69, 9.17) is 0 Å². The number of halogens is 1. The second-order valence-corrected chi connectivity index (χ2v) is 7.61. The van der Waals surface area contributed by atoms with Crippen molar-refractivity contribution >= 4 is 27.7 Å². The van der Waals surface area contributed by atoms with Crippen molar-refractivity contribution in [1.82, 2.24) is 9.62 Å². The number of nitro groups is 1. The fourth-order valence-electron chi connectivity index (χ4n) is 2.28. The van der Waals surface area contributed by atoms with E-state index in [1.165, 1.54) is 31.2 Å². The minimum absolute atomic E-state index is 0.199. The Kier molecular flexibility index (Phi) is 6.49. The number of amides is 2. The van der Waals surface area contributed by atoms with E-state index in [-0.39, 0.29) is 17.1 Å². The molecule has 2 aromatic carbocycles. The molecular weight excluding hydrogens is 409 g/mol. The van der Waals surface area contributed by atoms with Gasteiger partial charge in [0.05, 0.1) is 9.82 Å². The van der Waals surface area contributed by atoms with Crippen LogP contribution in [0.5, 0.6) is 0 Å². The first-order chi connectivity index (χ1) is 13.5. The molecular formula is C17H16FN3O7S. The number of non-ortho nitro benzene ring substituents is 1. The number of benzene rings is 2. The van der Waals surface area contributed by atoms with Crippen LogP contribution in [0.3, 0.4) is 0 Å². The number of urea groups is 1. The third-order valence-electron chi connectivity index (χ3n) is 3.93. The Morgan fingerprint density at radius 2 is 1.72 bits per heavy atom. The van der Waals surface area contributed by atoms with E-state index in [1.807, 2.05) is 0 Å². The van der Waals surface area contributed by atoms with Crippen LogP contribution in [0.4, 0.5) is 14.9 Å². The summed E-state index contributed by atoms with van der Waals surface area (Å²) in [6.45, 7) is 0.855. The van der Waals surface area contributed by atoms with Gasteiger partial charge in [-0.25, -0.2) is 27.1 Å². The number of nitro benzene ring substituents is 1. The summed E-state index contributed by atoms with van der Waals surface area (Å²) in [6.07, 6.45) is 0. The minimum Gasteiger partial charge on any atom is -0.480 e. The van der Waals surface area contributed by atoms with Crippen molar-refractivity contribution in [2.45, 2.75) is 24.4 Å². The van der Waals surface area contributed by atoms with Gasteiger partial charge >= 0.3 is 12.0 Å². The normalized spacial score (nSPS) is 12.1. The number of carbonyl (C=O) groups excluding carboxylic acids is 1. The molecule has 1 atom stereocenters. The molecule has 0 aromatic heterocycles. The lowest BCUT2D eigenvalue weighted by Crippen LogP contribution is -2.49. The van der Waals surface area contributed by atoms with Crippen molar-refractivity contribution in [2.75, 3.05) is 0 Å². The van der Waals surface area contributed by atoms with Crippen molar-refractivity contribution in [2.24, 2.45) is 0 Å². The lowest BCUT2D eigenvalue weighted by atomic mass is 10.1. The summed E-state index contributed by atoms with van der Waals surface area (Å²) in [5, 5.41) is 20.0. The number of hydrogen-bond acceptors (Lipinski definition) is 6. The number of nitrogens with zero attached hydrogens (tertiary/aromatic N) is 2. The average Bonchev–Trinajstić information content (AvgIpc) is 2.65. The van der Waals surface area contributed by atoms with Gasteiger partial charge < -0.3 is 10.0 Å². The number of rotatable bonds is 7. The predicted octanol–water partition coefficient (Wildman–Crippen LogP) is 2.11. The van der Waals surface area contributed by atoms with Gasteiger partial charge in [0.1, 0.15) is 11.9 Å². The Balaban J connectivity index is 2.26. The van der Waals surface area contributed by atoms with E-state index in [0.29, 0.717) is 5.56 Å². The smallest absolute Gasteiger partial charge is 0.332 e. The number of hydrogen-bond donors (Lipinski definition) is 2. The second kappa shape index (κ2) is 8.65. The van der Waals surface area contributed by atoms with Crippen LogP contribution in [-0.2, 0) is 21.4 Å². The zero-order valence-corrected chi connectivity index (χ0v) is 15.8. The molecule has 2 N–H and O–H groups in total. The summed E-state index contributed by atoms with van der Waals surface area (Å²) in [7, 11) is -4.38. The summed E-state index contributed by atoms with van der Waals surface area (Å²) in [4.78, 5) is 34.3. The van der Waals surface area contributed by atoms with Crippen molar-refractivity contribution in [1.29, 1.82) is 0 Å². The van der Waals surface area contributed by atoms with Gasteiger partial charge in [-0.3, -0.25) is 10.1 Å². The zero-order chi connectivity index (χ0) is 21.8. The molecule has 0 heterocycles. The second-order valence-electron chi connectivity index (χ2n) is 5.93. The standard InChI is InChI=1S/C17H16FN3O7S/c1-11(16(22)23)20(10-12-2-6-14(7-3-12)21(25)26)17(24)19-29(27,28)15-8-4-13(18)5-9-15/h2-9,11H,10H2,1H3,(H,19,24)(H,22,23)/t11-/m0/s1. The molecule has 0 saturated heterocycles. The Labute approximate surface area is 164 Å². The number of nitrogens with one attached hydrogen (secondary N) is 1. The van der Waals surface area contributed by atoms with E-state index in [0.717, 1.165) is 29.2 Å². The third kappa shape index (κ3) is 5.48. The number of carbonyl (C=O) groups is 2. The zero-order valence-electron chi connectivity index (χ0n) is 15.0. The van der Waals surface area contributed by atoms with Gasteiger partial charge in [-0.05, 0) is 36.8 Å². The van der Waals surface area contributed by atoms with Crippen LogP contribution in [0.25, 0.3) is 0 Å². The van der Waals surface area contributed by atoms with E-state index >= 15 is 0 Å². The first-order valence-corrected chi connectivity index (χ1v) is 9.54. The van der Waals surface area contributed by atoms with Crippen LogP contribution in [0.2, 0.25) is 0 Å². The fourth-order valence-corrected chi connectivity index (χ4v) is 3.24. The molecule has 12 heteroatoms. The highest BCUT2D eigenvalue weighted by Gasteiger charge is 2.29. The topological polar surface area (TPSA) is 147 Å². The van der Waals surface area contributed by atoms with Crippen molar-refractivity contribution in [3.63, 3.8) is 0 Å². The maximum Gasteiger partial charge on any atom is 0.332 e. The highest BCUT2D eigenvalue weighted by Crippen LogP contribution is 2.16. The van der Waals surface area contributed by atoms with Crippen LogP contribution >= 0.6 is 0 Å². The summed E-state index contributed by atoms with van der Waals surface area (Å²) in [5.74, 6) is -2.06. The van der Waals surface area contributed by atoms with Gasteiger partial charge in [-0.2, -0.15) is 0 Å². The van der Waals surface area contributed by atoms with Crippen LogP contribution in [0, 0.1) is 15.9 Å². The number of aliphatic carboxylic acids is 1. The summed E-state index contributed by atoms with van der Waals surface area (Å²) in [6, 6.07) is 6.05. The lowest BCUT2D eigenvalue weighted by molar-refractivity contribution is -0.384. The molecule has 154 valence electrons. The van der Waals surface area contributed by atoms with Gasteiger partial charge in [0.15, 0.2) is 0 Å². The summed E-state index contributed by atoms with van der Waals surface area (Å²) < 4.78 is 39.4. The van der Waals surface area contributed by atoms with E-state index in [9.17, 15) is 37.6 Å². The van der Waals surface area contributed by atoms with Crippen LogP contribution in [0.15, 0.2) is 53.4 Å². The molecule has 0 spiro atoms. The van der Waals surface area contributed by atoms with Gasteiger partial charge in [0.25, 0.3) is 15.7 Å². The summed E-state index contributed by atoms with van der Waals surface area (Å²) >= 11 is 0. The number of carboxylic acid groups (broad SMARTS) is 1. The molecule has 2 aromatic rings. The molecule has 10 nitrogen and oxygen atoms in total. The largest absolute Gasteiger partial charge is 0.480 e. The fraction of sp³-hybridized carbons (Fsp3) is 0.176. The maximum absolute atomic E-state index is 13.0. The first kappa shape index (κ1) is 21.8. The van der Waals surface area contributed by atoms with Crippen molar-refractivity contribution in [3.05, 3.63) is 70.0 Å². The maximum atomic E-state index is 13.0. The Hall–Kier alpha value is -3.54. The number of sulfonamides is 1. The first-order valence-electron chi connectivity index (χ1n) is 8.06. The molecule has 0 bridgehead atoms. The van der Waals surface area contributed by atoms with Crippen LogP contribution in [-0.4, -0.2) is 41.4 Å². The van der Waals surface area contributed by atoms with Crippen LogP contribution in [0.1, 0.15) is 12.5 Å². The molecule has 0 aliphatic carbocycles. The molecule has 2 amide bonds. The lowest BCUT2D eigenvalue weighted by Gasteiger charge is -2.26. The molecule has 0 fully saturated rings. The average molecular weight is 425 g/mol. The van der Waals surface area contributed by atoms with E-state index < -0.39 is 38.8 Å². The van der Waals surface area contributed by atoms with Gasteiger partial charge in [0, 0.05) is 18.7 Å². The minimum atomic E-state index is -4.38.